The van der Waals surface area contributed by atoms with Gasteiger partial charge in [0, 0.05) is 11.4 Å². The minimum atomic E-state index is -0.655. The number of hydrogen-bond acceptors (Lipinski definition) is 5. The van der Waals surface area contributed by atoms with Crippen molar-refractivity contribution in [2.45, 2.75) is 26.8 Å². The maximum absolute atomic E-state index is 12.0. The Hall–Kier alpha value is -2.84. The van der Waals surface area contributed by atoms with Crippen molar-refractivity contribution in [3.05, 3.63) is 47.9 Å². The van der Waals surface area contributed by atoms with Gasteiger partial charge in [-0.15, -0.1) is 12.4 Å². The second-order valence-corrected chi connectivity index (χ2v) is 6.50. The summed E-state index contributed by atoms with van der Waals surface area (Å²) in [4.78, 5) is 35.8. The van der Waals surface area contributed by atoms with Crippen molar-refractivity contribution in [3.8, 4) is 0 Å². The van der Waals surface area contributed by atoms with E-state index in [9.17, 15) is 14.4 Å². The van der Waals surface area contributed by atoms with Crippen LogP contribution >= 0.6 is 12.4 Å². The van der Waals surface area contributed by atoms with Gasteiger partial charge in [0.05, 0.1) is 18.8 Å². The molecule has 152 valence electrons. The van der Waals surface area contributed by atoms with Crippen LogP contribution < -0.4 is 21.7 Å². The number of carbonyl (C=O) groups excluding carboxylic acids is 3. The van der Waals surface area contributed by atoms with Crippen LogP contribution in [0.3, 0.4) is 0 Å². The molecule has 1 aromatic carbocycles. The van der Waals surface area contributed by atoms with E-state index < -0.39 is 6.04 Å². The summed E-state index contributed by atoms with van der Waals surface area (Å²) in [5.41, 5.74) is 7.64. The van der Waals surface area contributed by atoms with Crippen LogP contribution in [0.5, 0.6) is 0 Å². The summed E-state index contributed by atoms with van der Waals surface area (Å²) in [5.74, 6) is -0.899. The van der Waals surface area contributed by atoms with Crippen LogP contribution in [0.2, 0.25) is 0 Å². The van der Waals surface area contributed by atoms with E-state index in [1.54, 1.807) is 37.3 Å². The summed E-state index contributed by atoms with van der Waals surface area (Å²) in [6, 6.07) is 7.60. The average molecular weight is 409 g/mol. The zero-order valence-corrected chi connectivity index (χ0v) is 16.8. The Labute approximate surface area is 169 Å². The molecule has 1 aromatic heterocycles. The number of furan rings is 1. The molecule has 0 spiro atoms. The summed E-state index contributed by atoms with van der Waals surface area (Å²) >= 11 is 0. The van der Waals surface area contributed by atoms with E-state index in [-0.39, 0.29) is 48.4 Å². The first-order valence-corrected chi connectivity index (χ1v) is 8.56. The van der Waals surface area contributed by atoms with Gasteiger partial charge in [-0.1, -0.05) is 13.8 Å². The normalized spacial score (nSPS) is 11.3. The summed E-state index contributed by atoms with van der Waals surface area (Å²) in [6.07, 6.45) is 1.42. The number of nitrogens with two attached hydrogens (primary N) is 1. The minimum absolute atomic E-state index is 0. The summed E-state index contributed by atoms with van der Waals surface area (Å²) in [5, 5.41) is 7.94. The highest BCUT2D eigenvalue weighted by molar-refractivity contribution is 6.03. The molecule has 3 amide bonds. The quantitative estimate of drug-likeness (QED) is 0.559. The molecule has 0 fully saturated rings. The molecule has 0 aliphatic rings. The number of rotatable bonds is 7. The maximum atomic E-state index is 12.0. The van der Waals surface area contributed by atoms with Crippen molar-refractivity contribution in [1.29, 1.82) is 0 Å². The lowest BCUT2D eigenvalue weighted by molar-refractivity contribution is -0.125. The molecule has 28 heavy (non-hydrogen) atoms. The molecule has 2 rings (SSSR count). The highest BCUT2D eigenvalue weighted by Crippen LogP contribution is 2.20. The molecule has 2 aromatic rings. The molecule has 1 heterocycles. The Morgan fingerprint density at radius 2 is 1.86 bits per heavy atom. The van der Waals surface area contributed by atoms with Crippen LogP contribution in [0.1, 0.15) is 30.0 Å². The van der Waals surface area contributed by atoms with Gasteiger partial charge in [0.15, 0.2) is 5.76 Å². The van der Waals surface area contributed by atoms with Gasteiger partial charge in [-0.05, 0) is 48.7 Å². The van der Waals surface area contributed by atoms with Gasteiger partial charge in [-0.25, -0.2) is 0 Å². The third-order valence-corrected chi connectivity index (χ3v) is 3.95. The van der Waals surface area contributed by atoms with Gasteiger partial charge in [0.1, 0.15) is 0 Å². The first-order valence-electron chi connectivity index (χ1n) is 8.56. The van der Waals surface area contributed by atoms with Crippen molar-refractivity contribution >= 4 is 41.5 Å². The van der Waals surface area contributed by atoms with Crippen LogP contribution in [0.25, 0.3) is 0 Å². The number of aryl methyl sites for hydroxylation is 1. The molecule has 0 unspecified atom stereocenters. The molecule has 0 aliphatic carbocycles. The van der Waals surface area contributed by atoms with E-state index in [0.29, 0.717) is 11.4 Å². The lowest BCUT2D eigenvalue weighted by Crippen LogP contribution is -2.46. The number of benzene rings is 1. The second kappa shape index (κ2) is 10.5. The molecular formula is C19H25ClN4O4. The zero-order valence-electron chi connectivity index (χ0n) is 15.9. The van der Waals surface area contributed by atoms with E-state index >= 15 is 0 Å². The van der Waals surface area contributed by atoms with Crippen molar-refractivity contribution in [1.82, 2.24) is 5.32 Å². The number of halogens is 1. The predicted octanol–water partition coefficient (Wildman–Crippen LogP) is 2.30. The number of anilines is 2. The SMILES string of the molecule is Cc1cc(NC(=O)CNC(=O)[C@@H](N)C(C)C)ccc1NC(=O)c1ccco1.Cl. The standard InChI is InChI=1S/C19H24N4O4.ClH/c1-11(2)17(20)19(26)21-10-16(24)22-13-6-7-14(12(3)9-13)23-18(25)15-5-4-8-27-15;/h4-9,11,17H,10,20H2,1-3H3,(H,21,26)(H,22,24)(H,23,25);1H/t17-;/m0./s1. The summed E-state index contributed by atoms with van der Waals surface area (Å²) < 4.78 is 5.05. The largest absolute Gasteiger partial charge is 0.459 e. The van der Waals surface area contributed by atoms with Gasteiger partial charge < -0.3 is 26.1 Å². The molecule has 0 radical (unpaired) electrons. The van der Waals surface area contributed by atoms with E-state index in [4.69, 9.17) is 10.2 Å². The first kappa shape index (κ1) is 23.2. The highest BCUT2D eigenvalue weighted by Gasteiger charge is 2.17. The fraction of sp³-hybridized carbons (Fsp3) is 0.316. The zero-order chi connectivity index (χ0) is 20.0. The number of hydrogen-bond donors (Lipinski definition) is 4. The molecule has 0 aliphatic heterocycles. The smallest absolute Gasteiger partial charge is 0.291 e. The predicted molar refractivity (Wildman–Crippen MR) is 110 cm³/mol. The Morgan fingerprint density at radius 3 is 2.43 bits per heavy atom. The average Bonchev–Trinajstić information content (AvgIpc) is 3.16. The molecule has 0 bridgehead atoms. The fourth-order valence-electron chi connectivity index (χ4n) is 2.27. The van der Waals surface area contributed by atoms with Crippen LogP contribution in [-0.2, 0) is 9.59 Å². The Bertz CT molecular complexity index is 821. The topological polar surface area (TPSA) is 126 Å². The highest BCUT2D eigenvalue weighted by atomic mass is 35.5. The molecule has 1 atom stereocenters. The Kier molecular flexibility index (Phi) is 8.69. The first-order chi connectivity index (χ1) is 12.8. The number of nitrogens with one attached hydrogen (secondary N) is 3. The Morgan fingerprint density at radius 1 is 1.14 bits per heavy atom. The van der Waals surface area contributed by atoms with Crippen molar-refractivity contribution in [3.63, 3.8) is 0 Å². The monoisotopic (exact) mass is 408 g/mol. The van der Waals surface area contributed by atoms with Crippen LogP contribution in [-0.4, -0.2) is 30.3 Å². The van der Waals surface area contributed by atoms with Crippen LogP contribution in [0, 0.1) is 12.8 Å². The molecule has 9 heteroatoms. The van der Waals surface area contributed by atoms with E-state index in [1.165, 1.54) is 6.26 Å². The lowest BCUT2D eigenvalue weighted by Gasteiger charge is -2.15. The van der Waals surface area contributed by atoms with Crippen molar-refractivity contribution in [2.75, 3.05) is 17.2 Å². The number of carbonyl (C=O) groups is 3. The van der Waals surface area contributed by atoms with Gasteiger partial charge in [0.2, 0.25) is 11.8 Å². The third kappa shape index (κ3) is 6.40. The van der Waals surface area contributed by atoms with Crippen molar-refractivity contribution in [2.24, 2.45) is 11.7 Å². The molecule has 0 saturated heterocycles. The van der Waals surface area contributed by atoms with E-state index in [0.717, 1.165) is 5.56 Å². The summed E-state index contributed by atoms with van der Waals surface area (Å²) in [6.45, 7) is 5.30. The number of amides is 3. The molecule has 0 saturated carbocycles. The van der Waals surface area contributed by atoms with Crippen molar-refractivity contribution < 1.29 is 18.8 Å². The van der Waals surface area contributed by atoms with Gasteiger partial charge in [-0.3, -0.25) is 14.4 Å². The summed E-state index contributed by atoms with van der Waals surface area (Å²) in [7, 11) is 0. The van der Waals surface area contributed by atoms with Crippen LogP contribution in [0.15, 0.2) is 41.0 Å². The second-order valence-electron chi connectivity index (χ2n) is 6.50. The van der Waals surface area contributed by atoms with Gasteiger partial charge >= 0.3 is 0 Å². The van der Waals surface area contributed by atoms with E-state index in [1.807, 2.05) is 13.8 Å². The Balaban J connectivity index is 0.00000392. The van der Waals surface area contributed by atoms with Crippen LogP contribution in [0.4, 0.5) is 11.4 Å². The molecule has 8 nitrogen and oxygen atoms in total. The maximum Gasteiger partial charge on any atom is 0.291 e. The van der Waals surface area contributed by atoms with Gasteiger partial charge in [0.25, 0.3) is 5.91 Å². The van der Waals surface area contributed by atoms with E-state index in [2.05, 4.69) is 16.0 Å². The molecule has 5 N–H and O–H groups in total. The third-order valence-electron chi connectivity index (χ3n) is 3.95. The van der Waals surface area contributed by atoms with Gasteiger partial charge in [-0.2, -0.15) is 0 Å². The molecular weight excluding hydrogens is 384 g/mol. The minimum Gasteiger partial charge on any atom is -0.459 e. The fourth-order valence-corrected chi connectivity index (χ4v) is 2.27. The lowest BCUT2D eigenvalue weighted by atomic mass is 10.1.